The maximum atomic E-state index is 12.7. The molecule has 0 atom stereocenters. The molecule has 0 unspecified atom stereocenters. The highest BCUT2D eigenvalue weighted by Gasteiger charge is 2.35. The number of aryl methyl sites for hydroxylation is 1. The Balaban J connectivity index is 1.32. The fourth-order valence-corrected chi connectivity index (χ4v) is 4.27. The summed E-state index contributed by atoms with van der Waals surface area (Å²) < 4.78 is 3.20. The zero-order valence-corrected chi connectivity index (χ0v) is 17.5. The summed E-state index contributed by atoms with van der Waals surface area (Å²) in [5.41, 5.74) is 0.697. The minimum Gasteiger partial charge on any atom is -0.388 e. The normalized spacial score (nSPS) is 19.2. The molecule has 1 saturated heterocycles. The number of rotatable bonds is 5. The number of nitrogens with one attached hydrogen (secondary N) is 1. The van der Waals surface area contributed by atoms with Crippen LogP contribution in [0.5, 0.6) is 0 Å². The van der Waals surface area contributed by atoms with Crippen molar-refractivity contribution in [3.8, 4) is 0 Å². The van der Waals surface area contributed by atoms with Crippen LogP contribution in [0.4, 0.5) is 0 Å². The van der Waals surface area contributed by atoms with E-state index < -0.39 is 5.60 Å². The number of nitrogens with zero attached hydrogens (tertiary/aromatic N) is 6. The van der Waals surface area contributed by atoms with Crippen LogP contribution in [0.25, 0.3) is 0 Å². The van der Waals surface area contributed by atoms with E-state index in [4.69, 9.17) is 0 Å². The molecule has 2 aliphatic rings. The van der Waals surface area contributed by atoms with E-state index in [-0.39, 0.29) is 30.1 Å². The third-order valence-electron chi connectivity index (χ3n) is 6.37. The second kappa shape index (κ2) is 8.17. The summed E-state index contributed by atoms with van der Waals surface area (Å²) in [4.78, 5) is 26.8. The van der Waals surface area contributed by atoms with Crippen LogP contribution in [0.15, 0.2) is 12.4 Å². The lowest BCUT2D eigenvalue weighted by molar-refractivity contribution is -0.0318. The summed E-state index contributed by atoms with van der Waals surface area (Å²) in [6.45, 7) is 3.01. The molecule has 1 aliphatic heterocycles. The molecule has 2 amide bonds. The summed E-state index contributed by atoms with van der Waals surface area (Å²) >= 11 is 0. The Hall–Kier alpha value is -2.75. The maximum absolute atomic E-state index is 12.7. The van der Waals surface area contributed by atoms with Gasteiger partial charge in [-0.15, -0.1) is 5.10 Å². The smallest absolute Gasteiger partial charge is 0.273 e. The first kappa shape index (κ1) is 20.5. The molecule has 30 heavy (non-hydrogen) atoms. The van der Waals surface area contributed by atoms with Crippen molar-refractivity contribution in [3.63, 3.8) is 0 Å². The third-order valence-corrected chi connectivity index (χ3v) is 6.37. The van der Waals surface area contributed by atoms with Gasteiger partial charge in [-0.25, -0.2) is 4.68 Å². The second-order valence-corrected chi connectivity index (χ2v) is 8.54. The van der Waals surface area contributed by atoms with Crippen LogP contribution in [0.2, 0.25) is 0 Å². The summed E-state index contributed by atoms with van der Waals surface area (Å²) in [5.74, 6) is -0.276. The molecule has 3 heterocycles. The van der Waals surface area contributed by atoms with E-state index in [1.54, 1.807) is 22.0 Å². The van der Waals surface area contributed by atoms with Crippen molar-refractivity contribution in [2.24, 2.45) is 7.05 Å². The van der Waals surface area contributed by atoms with Gasteiger partial charge in [0.05, 0.1) is 30.1 Å². The van der Waals surface area contributed by atoms with Gasteiger partial charge in [0.25, 0.3) is 11.8 Å². The highest BCUT2D eigenvalue weighted by Crippen LogP contribution is 2.25. The first-order valence-corrected chi connectivity index (χ1v) is 10.6. The van der Waals surface area contributed by atoms with Crippen LogP contribution in [0, 0.1) is 6.92 Å². The van der Waals surface area contributed by atoms with Gasteiger partial charge in [-0.05, 0) is 32.6 Å². The van der Waals surface area contributed by atoms with Crippen molar-refractivity contribution in [2.45, 2.75) is 63.6 Å². The summed E-state index contributed by atoms with van der Waals surface area (Å²) in [7, 11) is 1.81. The lowest BCUT2D eigenvalue weighted by atomic mass is 9.91. The molecule has 2 aromatic heterocycles. The first-order valence-electron chi connectivity index (χ1n) is 10.6. The van der Waals surface area contributed by atoms with Gasteiger partial charge in [-0.3, -0.25) is 14.3 Å². The molecule has 2 aromatic rings. The molecule has 1 aliphatic carbocycles. The zero-order valence-electron chi connectivity index (χ0n) is 17.5. The van der Waals surface area contributed by atoms with Gasteiger partial charge in [0.2, 0.25) is 0 Å². The highest BCUT2D eigenvalue weighted by atomic mass is 16.3. The van der Waals surface area contributed by atoms with Crippen molar-refractivity contribution in [1.29, 1.82) is 0 Å². The van der Waals surface area contributed by atoms with Crippen molar-refractivity contribution < 1.29 is 14.7 Å². The number of hydrogen-bond acceptors (Lipinski definition) is 6. The predicted octanol–water partition coefficient (Wildman–Crippen LogP) is 0.660. The van der Waals surface area contributed by atoms with Gasteiger partial charge >= 0.3 is 0 Å². The van der Waals surface area contributed by atoms with Crippen molar-refractivity contribution in [2.75, 3.05) is 13.1 Å². The maximum Gasteiger partial charge on any atom is 0.273 e. The van der Waals surface area contributed by atoms with E-state index in [9.17, 15) is 14.7 Å². The van der Waals surface area contributed by atoms with E-state index >= 15 is 0 Å². The average Bonchev–Trinajstić information content (AvgIpc) is 3.45. The van der Waals surface area contributed by atoms with E-state index in [2.05, 4.69) is 20.7 Å². The van der Waals surface area contributed by atoms with Gasteiger partial charge in [0.15, 0.2) is 5.69 Å². The minimum absolute atomic E-state index is 0.0609. The number of hydrogen-bond donors (Lipinski definition) is 2. The van der Waals surface area contributed by atoms with E-state index in [1.165, 1.54) is 4.68 Å². The van der Waals surface area contributed by atoms with E-state index in [0.29, 0.717) is 31.5 Å². The molecular formula is C20H29N7O3. The number of aliphatic hydroxyl groups is 1. The van der Waals surface area contributed by atoms with Gasteiger partial charge < -0.3 is 15.3 Å². The lowest BCUT2D eigenvalue weighted by Gasteiger charge is -2.38. The molecule has 10 heteroatoms. The second-order valence-electron chi connectivity index (χ2n) is 8.54. The lowest BCUT2D eigenvalue weighted by Crippen LogP contribution is -2.48. The summed E-state index contributed by atoms with van der Waals surface area (Å²) in [6, 6.07) is 0.220. The fraction of sp³-hybridized carbons (Fsp3) is 0.650. The monoisotopic (exact) mass is 415 g/mol. The predicted molar refractivity (Wildman–Crippen MR) is 108 cm³/mol. The molecule has 2 N–H and O–H groups in total. The van der Waals surface area contributed by atoms with Crippen molar-refractivity contribution in [1.82, 2.24) is 35.0 Å². The minimum atomic E-state index is -0.992. The van der Waals surface area contributed by atoms with Crippen LogP contribution in [-0.2, 0) is 13.6 Å². The van der Waals surface area contributed by atoms with Crippen LogP contribution < -0.4 is 5.32 Å². The van der Waals surface area contributed by atoms with Crippen molar-refractivity contribution >= 4 is 11.8 Å². The molecule has 2 fully saturated rings. The number of piperidine rings is 1. The Morgan fingerprint density at radius 2 is 1.97 bits per heavy atom. The van der Waals surface area contributed by atoms with Gasteiger partial charge in [0.1, 0.15) is 0 Å². The summed E-state index contributed by atoms with van der Waals surface area (Å²) in [6.07, 6.45) is 8.34. The van der Waals surface area contributed by atoms with Crippen molar-refractivity contribution in [3.05, 3.63) is 29.3 Å². The molecular weight excluding hydrogens is 386 g/mol. The van der Waals surface area contributed by atoms with Crippen LogP contribution >= 0.6 is 0 Å². The molecule has 0 aromatic carbocycles. The molecule has 1 saturated carbocycles. The largest absolute Gasteiger partial charge is 0.388 e. The van der Waals surface area contributed by atoms with E-state index in [1.807, 2.05) is 14.0 Å². The Morgan fingerprint density at radius 3 is 2.60 bits per heavy atom. The Morgan fingerprint density at radius 1 is 1.27 bits per heavy atom. The number of carbonyl (C=O) groups excluding carboxylic acids is 2. The highest BCUT2D eigenvalue weighted by molar-refractivity contribution is 5.95. The Labute approximate surface area is 175 Å². The topological polar surface area (TPSA) is 118 Å². The van der Waals surface area contributed by atoms with Gasteiger partial charge in [-0.1, -0.05) is 18.1 Å². The summed E-state index contributed by atoms with van der Waals surface area (Å²) in [5, 5.41) is 26.1. The van der Waals surface area contributed by atoms with Crippen LogP contribution in [0.1, 0.15) is 65.1 Å². The Kier molecular flexibility index (Phi) is 5.59. The molecule has 0 spiro atoms. The van der Waals surface area contributed by atoms with Crippen LogP contribution in [-0.4, -0.2) is 71.3 Å². The SMILES string of the molecule is Cc1c(C(=O)N2CCC(O)(Cn3cc(C(=O)NC4CCCC4)nn3)CC2)cnn1C. The van der Waals surface area contributed by atoms with Crippen LogP contribution in [0.3, 0.4) is 0 Å². The first-order chi connectivity index (χ1) is 14.3. The standard InChI is InChI=1S/C20H29N7O3/c1-14-16(11-21-25(14)2)19(29)26-9-7-20(30,8-10-26)13-27-12-17(23-24-27)18(28)22-15-5-3-4-6-15/h11-12,15,30H,3-10,13H2,1-2H3,(H,22,28). The number of amides is 2. The zero-order chi connectivity index (χ0) is 21.3. The quantitative estimate of drug-likeness (QED) is 0.741. The molecule has 162 valence electrons. The molecule has 0 bridgehead atoms. The van der Waals surface area contributed by atoms with E-state index in [0.717, 1.165) is 31.4 Å². The fourth-order valence-electron chi connectivity index (χ4n) is 4.27. The number of aromatic nitrogens is 5. The Bertz CT molecular complexity index is 921. The number of carbonyl (C=O) groups is 2. The van der Waals surface area contributed by atoms with Gasteiger partial charge in [-0.2, -0.15) is 5.10 Å². The molecule has 0 radical (unpaired) electrons. The van der Waals surface area contributed by atoms with Gasteiger partial charge in [0, 0.05) is 31.9 Å². The number of likely N-dealkylation sites (tertiary alicyclic amines) is 1. The third kappa shape index (κ3) is 4.23. The molecule has 10 nitrogen and oxygen atoms in total. The molecule has 4 rings (SSSR count). The average molecular weight is 415 g/mol.